The van der Waals surface area contributed by atoms with E-state index in [1.807, 2.05) is 72.0 Å². The third-order valence-corrected chi connectivity index (χ3v) is 7.34. The summed E-state index contributed by atoms with van der Waals surface area (Å²) in [4.78, 5) is 29.9. The summed E-state index contributed by atoms with van der Waals surface area (Å²) in [6.07, 6.45) is -0.533. The molecular formula is C28H22ClIN2O3. The van der Waals surface area contributed by atoms with Gasteiger partial charge in [-0.3, -0.25) is 4.79 Å². The third kappa shape index (κ3) is 4.52. The highest BCUT2D eigenvalue weighted by Gasteiger charge is 2.29. The first-order valence-corrected chi connectivity index (χ1v) is 13.2. The molecule has 0 radical (unpaired) electrons. The number of ether oxygens (including phenoxy) is 1. The van der Waals surface area contributed by atoms with Crippen LogP contribution in [0.25, 0.3) is 21.9 Å². The first-order valence-electron chi connectivity index (χ1n) is 11.3. The average Bonchev–Trinajstić information content (AvgIpc) is 3.20. The highest BCUT2D eigenvalue weighted by atomic mass is 127. The first-order chi connectivity index (χ1) is 17.0. The standard InChI is InChI=1S/C28H22ClIN2O3/c1-16(24-13-17-7-6-12-23(29)26(17)27(32-24)25(33)14-30)31-28(34)35-15-22-20-10-4-2-8-18(20)19-9-3-5-11-21(19)22/h2-13,16,22H,14-15H2,1H3,(H,31,34)/t16-/m0/s1. The first kappa shape index (κ1) is 23.8. The van der Waals surface area contributed by atoms with E-state index in [1.165, 1.54) is 11.1 Å². The Hall–Kier alpha value is -2.97. The van der Waals surface area contributed by atoms with Crippen LogP contribution in [0.15, 0.2) is 72.8 Å². The van der Waals surface area contributed by atoms with Crippen LogP contribution in [-0.2, 0) is 4.74 Å². The van der Waals surface area contributed by atoms with Crippen molar-refractivity contribution >= 4 is 56.8 Å². The maximum atomic E-state index is 12.7. The molecule has 0 saturated heterocycles. The van der Waals surface area contributed by atoms with E-state index in [9.17, 15) is 9.59 Å². The highest BCUT2D eigenvalue weighted by Crippen LogP contribution is 2.44. The summed E-state index contributed by atoms with van der Waals surface area (Å²) in [7, 11) is 0. The van der Waals surface area contributed by atoms with Gasteiger partial charge < -0.3 is 10.1 Å². The van der Waals surface area contributed by atoms with Gasteiger partial charge in [0.1, 0.15) is 12.3 Å². The Bertz CT molecular complexity index is 1410. The fourth-order valence-electron chi connectivity index (χ4n) is 4.67. The van der Waals surface area contributed by atoms with Crippen LogP contribution in [0.3, 0.4) is 0 Å². The van der Waals surface area contributed by atoms with Crippen molar-refractivity contribution in [3.05, 3.63) is 100 Å². The fraction of sp³-hybridized carbons (Fsp3) is 0.179. The minimum Gasteiger partial charge on any atom is -0.449 e. The van der Waals surface area contributed by atoms with Gasteiger partial charge in [-0.05, 0) is 46.7 Å². The van der Waals surface area contributed by atoms with Crippen molar-refractivity contribution in [1.29, 1.82) is 0 Å². The molecule has 0 bridgehead atoms. The summed E-state index contributed by atoms with van der Waals surface area (Å²) < 4.78 is 5.95. The number of ketones is 1. The van der Waals surface area contributed by atoms with Gasteiger partial charge in [-0.1, -0.05) is 94.9 Å². The van der Waals surface area contributed by atoms with E-state index in [0.717, 1.165) is 16.5 Å². The molecule has 5 rings (SSSR count). The number of pyridine rings is 1. The number of rotatable bonds is 6. The molecule has 1 atom stereocenters. The SMILES string of the molecule is C[C@H](NC(=O)OCC1c2ccccc2-c2ccccc21)c1cc2cccc(Cl)c2c(C(=O)CI)n1. The lowest BCUT2D eigenvalue weighted by Gasteiger charge is -2.18. The maximum absolute atomic E-state index is 12.7. The Morgan fingerprint density at radius 1 is 1.03 bits per heavy atom. The van der Waals surface area contributed by atoms with E-state index < -0.39 is 12.1 Å². The number of nitrogens with one attached hydrogen (secondary N) is 1. The molecule has 0 saturated carbocycles. The minimum absolute atomic E-state index is 0.0164. The lowest BCUT2D eigenvalue weighted by Crippen LogP contribution is -2.29. The number of hydrogen-bond acceptors (Lipinski definition) is 4. The lowest BCUT2D eigenvalue weighted by molar-refractivity contribution is 0.102. The van der Waals surface area contributed by atoms with Crippen LogP contribution < -0.4 is 5.32 Å². The van der Waals surface area contributed by atoms with Gasteiger partial charge in [-0.15, -0.1) is 0 Å². The van der Waals surface area contributed by atoms with E-state index in [4.69, 9.17) is 16.3 Å². The predicted octanol–water partition coefficient (Wildman–Crippen LogP) is 7.11. The second-order valence-corrected chi connectivity index (χ2v) is 9.65. The van der Waals surface area contributed by atoms with Crippen molar-refractivity contribution < 1.29 is 14.3 Å². The number of halogens is 2. The number of amides is 1. The third-order valence-electron chi connectivity index (χ3n) is 6.33. The molecule has 4 aromatic rings. The number of carbonyl (C=O) groups excluding carboxylic acids is 2. The van der Waals surface area contributed by atoms with Crippen molar-refractivity contribution in [2.45, 2.75) is 18.9 Å². The van der Waals surface area contributed by atoms with Gasteiger partial charge in [-0.25, -0.2) is 9.78 Å². The molecule has 0 unspecified atom stereocenters. The Balaban J connectivity index is 1.34. The number of Topliss-reactive ketones (excluding diaryl/α,β-unsaturated/α-hetero) is 1. The fourth-order valence-corrected chi connectivity index (χ4v) is 5.30. The normalized spacial score (nSPS) is 13.2. The number of hydrogen-bond donors (Lipinski definition) is 1. The highest BCUT2D eigenvalue weighted by molar-refractivity contribution is 14.1. The van der Waals surface area contributed by atoms with Crippen LogP contribution in [-0.4, -0.2) is 27.9 Å². The van der Waals surface area contributed by atoms with Gasteiger partial charge in [-0.2, -0.15) is 0 Å². The van der Waals surface area contributed by atoms with Crippen LogP contribution in [0.4, 0.5) is 4.79 Å². The summed E-state index contributed by atoms with van der Waals surface area (Å²) in [5, 5.41) is 4.78. The van der Waals surface area contributed by atoms with Crippen molar-refractivity contribution in [3.8, 4) is 11.1 Å². The van der Waals surface area contributed by atoms with Gasteiger partial charge in [0.25, 0.3) is 0 Å². The molecule has 1 heterocycles. The van der Waals surface area contributed by atoms with Gasteiger partial charge in [0.15, 0.2) is 5.78 Å². The molecule has 1 N–H and O–H groups in total. The van der Waals surface area contributed by atoms with Crippen LogP contribution in [0.5, 0.6) is 0 Å². The largest absolute Gasteiger partial charge is 0.449 e. The molecule has 1 amide bonds. The second kappa shape index (κ2) is 9.95. The van der Waals surface area contributed by atoms with Gasteiger partial charge in [0.05, 0.1) is 21.2 Å². The molecule has 0 spiro atoms. The Morgan fingerprint density at radius 2 is 1.69 bits per heavy atom. The molecule has 35 heavy (non-hydrogen) atoms. The van der Waals surface area contributed by atoms with Crippen LogP contribution in [0.2, 0.25) is 5.02 Å². The van der Waals surface area contributed by atoms with Crippen molar-refractivity contribution in [3.63, 3.8) is 0 Å². The molecule has 7 heteroatoms. The topological polar surface area (TPSA) is 68.3 Å². The second-order valence-electron chi connectivity index (χ2n) is 8.48. The van der Waals surface area contributed by atoms with Crippen molar-refractivity contribution in [1.82, 2.24) is 10.3 Å². The predicted molar refractivity (Wildman–Crippen MR) is 147 cm³/mol. The van der Waals surface area contributed by atoms with E-state index in [1.54, 1.807) is 6.07 Å². The van der Waals surface area contributed by atoms with E-state index in [0.29, 0.717) is 21.8 Å². The Morgan fingerprint density at radius 3 is 2.34 bits per heavy atom. The zero-order valence-electron chi connectivity index (χ0n) is 18.9. The Labute approximate surface area is 222 Å². The molecule has 0 fully saturated rings. The van der Waals surface area contributed by atoms with E-state index in [-0.39, 0.29) is 22.7 Å². The zero-order chi connectivity index (χ0) is 24.5. The van der Waals surface area contributed by atoms with E-state index >= 15 is 0 Å². The summed E-state index contributed by atoms with van der Waals surface area (Å²) in [6.45, 7) is 2.05. The monoisotopic (exact) mass is 596 g/mol. The number of carbonyl (C=O) groups is 2. The molecule has 3 aromatic carbocycles. The Kier molecular flexibility index (Phi) is 6.75. The number of alkyl carbamates (subject to hydrolysis) is 1. The molecule has 5 nitrogen and oxygen atoms in total. The summed E-state index contributed by atoms with van der Waals surface area (Å²) >= 11 is 8.39. The summed E-state index contributed by atoms with van der Waals surface area (Å²) in [5.74, 6) is -0.129. The average molecular weight is 597 g/mol. The maximum Gasteiger partial charge on any atom is 0.407 e. The molecule has 176 valence electrons. The molecule has 1 aliphatic carbocycles. The number of aromatic nitrogens is 1. The number of fused-ring (bicyclic) bond motifs is 4. The zero-order valence-corrected chi connectivity index (χ0v) is 21.8. The van der Waals surface area contributed by atoms with Gasteiger partial charge in [0.2, 0.25) is 0 Å². The van der Waals surface area contributed by atoms with Crippen LogP contribution in [0.1, 0.15) is 46.2 Å². The molecule has 1 aromatic heterocycles. The van der Waals surface area contributed by atoms with Crippen LogP contribution >= 0.6 is 34.2 Å². The quantitative estimate of drug-likeness (QED) is 0.146. The molecule has 1 aliphatic rings. The smallest absolute Gasteiger partial charge is 0.407 e. The number of alkyl halides is 1. The lowest BCUT2D eigenvalue weighted by atomic mass is 9.98. The molecule has 0 aliphatic heterocycles. The van der Waals surface area contributed by atoms with Crippen molar-refractivity contribution in [2.24, 2.45) is 0 Å². The van der Waals surface area contributed by atoms with Crippen molar-refractivity contribution in [2.75, 3.05) is 11.0 Å². The number of nitrogens with zero attached hydrogens (tertiary/aromatic N) is 1. The summed E-state index contributed by atoms with van der Waals surface area (Å²) in [6, 6.07) is 23.3. The van der Waals surface area contributed by atoms with Crippen LogP contribution in [0, 0.1) is 0 Å². The summed E-state index contributed by atoms with van der Waals surface area (Å²) in [5.41, 5.74) is 5.56. The van der Waals surface area contributed by atoms with Gasteiger partial charge in [0, 0.05) is 11.3 Å². The minimum atomic E-state index is -0.533. The number of benzene rings is 3. The van der Waals surface area contributed by atoms with E-state index in [2.05, 4.69) is 34.6 Å². The molecular weight excluding hydrogens is 575 g/mol. The van der Waals surface area contributed by atoms with Gasteiger partial charge >= 0.3 is 6.09 Å².